The van der Waals surface area contributed by atoms with Gasteiger partial charge < -0.3 is 9.64 Å². The van der Waals surface area contributed by atoms with Crippen molar-refractivity contribution in [2.45, 2.75) is 25.8 Å². The molecule has 0 atom stereocenters. The fourth-order valence-electron chi connectivity index (χ4n) is 1.91. The number of rotatable bonds is 2. The van der Waals surface area contributed by atoms with Crippen molar-refractivity contribution in [3.8, 4) is 0 Å². The summed E-state index contributed by atoms with van der Waals surface area (Å²) in [5, 5.41) is 0. The van der Waals surface area contributed by atoms with E-state index in [4.69, 9.17) is 4.74 Å². The molecule has 0 radical (unpaired) electrons. The van der Waals surface area contributed by atoms with Crippen molar-refractivity contribution in [2.24, 2.45) is 0 Å². The summed E-state index contributed by atoms with van der Waals surface area (Å²) in [4.78, 5) is 13.9. The maximum Gasteiger partial charge on any atom is 0.229 e. The molecule has 0 spiro atoms. The van der Waals surface area contributed by atoms with Crippen molar-refractivity contribution in [3.05, 3.63) is 35.9 Å². The Hall–Kier alpha value is -1.35. The molecule has 3 heteroatoms. The van der Waals surface area contributed by atoms with E-state index in [9.17, 15) is 4.79 Å². The van der Waals surface area contributed by atoms with Gasteiger partial charge in [0.25, 0.3) is 0 Å². The van der Waals surface area contributed by atoms with Gasteiger partial charge >= 0.3 is 0 Å². The number of amides is 1. The maximum atomic E-state index is 12.1. The molecule has 1 saturated heterocycles. The van der Waals surface area contributed by atoms with E-state index in [2.05, 4.69) is 0 Å². The Bertz CT molecular complexity index is 373. The van der Waals surface area contributed by atoms with E-state index >= 15 is 0 Å². The maximum absolute atomic E-state index is 12.1. The molecule has 1 aliphatic rings. The molecule has 86 valence electrons. The number of nitrogens with zero attached hydrogens (tertiary/aromatic N) is 1. The lowest BCUT2D eigenvalue weighted by atomic mass is 10.0. The quantitative estimate of drug-likeness (QED) is 0.759. The molecule has 3 nitrogen and oxygen atoms in total. The van der Waals surface area contributed by atoms with Gasteiger partial charge in [0.05, 0.1) is 18.6 Å². The van der Waals surface area contributed by atoms with Gasteiger partial charge in [0.1, 0.15) is 6.73 Å². The number of hydrogen-bond acceptors (Lipinski definition) is 2. The van der Waals surface area contributed by atoms with Gasteiger partial charge in [-0.05, 0) is 19.4 Å². The first-order chi connectivity index (χ1) is 7.59. The van der Waals surface area contributed by atoms with Crippen LogP contribution in [-0.2, 0) is 16.0 Å². The van der Waals surface area contributed by atoms with Gasteiger partial charge in [0.2, 0.25) is 5.91 Å². The number of carbonyl (C=O) groups excluding carboxylic acids is 1. The lowest BCUT2D eigenvalue weighted by Crippen LogP contribution is -2.44. The second kappa shape index (κ2) is 4.26. The summed E-state index contributed by atoms with van der Waals surface area (Å²) in [6.07, 6.45) is 0.452. The van der Waals surface area contributed by atoms with E-state index in [0.717, 1.165) is 5.56 Å². The minimum atomic E-state index is -0.175. The molecule has 1 aromatic carbocycles. The highest BCUT2D eigenvalue weighted by Gasteiger charge is 2.36. The summed E-state index contributed by atoms with van der Waals surface area (Å²) in [7, 11) is 0. The molecule has 1 heterocycles. The molecule has 0 saturated carbocycles. The Morgan fingerprint density at radius 3 is 2.62 bits per heavy atom. The molecule has 0 bridgehead atoms. The zero-order valence-electron chi connectivity index (χ0n) is 9.77. The summed E-state index contributed by atoms with van der Waals surface area (Å²) >= 11 is 0. The zero-order valence-corrected chi connectivity index (χ0v) is 9.77. The third-order valence-electron chi connectivity index (χ3n) is 2.91. The normalized spacial score (nSPS) is 18.8. The van der Waals surface area contributed by atoms with Crippen LogP contribution in [0.25, 0.3) is 0 Å². The first-order valence-corrected chi connectivity index (χ1v) is 5.52. The zero-order chi connectivity index (χ0) is 11.6. The molecule has 2 rings (SSSR count). The number of carbonyl (C=O) groups is 1. The molecule has 0 aliphatic carbocycles. The standard InChI is InChI=1S/C13H17NO2/c1-13(2)9-16-10-14(13)12(15)8-11-6-4-3-5-7-11/h3-7H,8-10H2,1-2H3. The van der Waals surface area contributed by atoms with Crippen LogP contribution in [0, 0.1) is 0 Å². The lowest BCUT2D eigenvalue weighted by Gasteiger charge is -2.29. The summed E-state index contributed by atoms with van der Waals surface area (Å²) in [6.45, 7) is 5.10. The van der Waals surface area contributed by atoms with Crippen molar-refractivity contribution >= 4 is 5.91 Å². The average molecular weight is 219 g/mol. The minimum absolute atomic E-state index is 0.133. The summed E-state index contributed by atoms with van der Waals surface area (Å²) in [5.41, 5.74) is 0.876. The highest BCUT2D eigenvalue weighted by atomic mass is 16.5. The summed E-state index contributed by atoms with van der Waals surface area (Å²) in [6, 6.07) is 9.81. The Kier molecular flexibility index (Phi) is 2.97. The highest BCUT2D eigenvalue weighted by Crippen LogP contribution is 2.22. The van der Waals surface area contributed by atoms with Crippen molar-refractivity contribution in [2.75, 3.05) is 13.3 Å². The fourth-order valence-corrected chi connectivity index (χ4v) is 1.91. The predicted octanol–water partition coefficient (Wildman–Crippen LogP) is 1.82. The van der Waals surface area contributed by atoms with Crippen molar-refractivity contribution in [1.29, 1.82) is 0 Å². The number of benzene rings is 1. The molecular weight excluding hydrogens is 202 g/mol. The Labute approximate surface area is 96.0 Å². The first-order valence-electron chi connectivity index (χ1n) is 5.52. The van der Waals surface area contributed by atoms with Crippen molar-refractivity contribution in [3.63, 3.8) is 0 Å². The SMILES string of the molecule is CC1(C)COCN1C(=O)Cc1ccccc1. The second-order valence-corrected chi connectivity index (χ2v) is 4.77. The molecular formula is C13H17NO2. The second-order valence-electron chi connectivity index (χ2n) is 4.77. The van der Waals surface area contributed by atoms with Crippen LogP contribution in [-0.4, -0.2) is 29.7 Å². The molecule has 0 N–H and O–H groups in total. The number of ether oxygens (including phenoxy) is 1. The van der Waals surface area contributed by atoms with Crippen LogP contribution in [0.4, 0.5) is 0 Å². The Balaban J connectivity index is 2.04. The topological polar surface area (TPSA) is 29.5 Å². The van der Waals surface area contributed by atoms with Gasteiger partial charge in [-0.1, -0.05) is 30.3 Å². The van der Waals surface area contributed by atoms with E-state index in [1.165, 1.54) is 0 Å². The molecule has 1 aliphatic heterocycles. The van der Waals surface area contributed by atoms with Crippen LogP contribution in [0.3, 0.4) is 0 Å². The third-order valence-corrected chi connectivity index (χ3v) is 2.91. The third kappa shape index (κ3) is 2.25. The van der Waals surface area contributed by atoms with Gasteiger partial charge in [0, 0.05) is 0 Å². The van der Waals surface area contributed by atoms with Crippen LogP contribution in [0.2, 0.25) is 0 Å². The largest absolute Gasteiger partial charge is 0.359 e. The molecule has 1 fully saturated rings. The van der Waals surface area contributed by atoms with Crippen molar-refractivity contribution < 1.29 is 9.53 Å². The van der Waals surface area contributed by atoms with E-state index in [1.807, 2.05) is 44.2 Å². The van der Waals surface area contributed by atoms with Gasteiger partial charge in [-0.25, -0.2) is 0 Å². The molecule has 1 amide bonds. The van der Waals surface area contributed by atoms with Crippen LogP contribution in [0.1, 0.15) is 19.4 Å². The van der Waals surface area contributed by atoms with Crippen molar-refractivity contribution in [1.82, 2.24) is 4.90 Å². The van der Waals surface area contributed by atoms with Gasteiger partial charge in [-0.3, -0.25) is 4.79 Å². The smallest absolute Gasteiger partial charge is 0.229 e. The minimum Gasteiger partial charge on any atom is -0.359 e. The average Bonchev–Trinajstić information content (AvgIpc) is 2.59. The number of hydrogen-bond donors (Lipinski definition) is 0. The summed E-state index contributed by atoms with van der Waals surface area (Å²) in [5.74, 6) is 0.133. The van der Waals surface area contributed by atoms with Gasteiger partial charge in [-0.2, -0.15) is 0 Å². The fraction of sp³-hybridized carbons (Fsp3) is 0.462. The van der Waals surface area contributed by atoms with E-state index in [1.54, 1.807) is 4.90 Å². The lowest BCUT2D eigenvalue weighted by molar-refractivity contribution is -0.134. The first kappa shape index (κ1) is 11.1. The Morgan fingerprint density at radius 2 is 2.06 bits per heavy atom. The van der Waals surface area contributed by atoms with Crippen LogP contribution in [0.15, 0.2) is 30.3 Å². The monoisotopic (exact) mass is 219 g/mol. The molecule has 0 unspecified atom stereocenters. The molecule has 16 heavy (non-hydrogen) atoms. The predicted molar refractivity (Wildman–Crippen MR) is 61.9 cm³/mol. The van der Waals surface area contributed by atoms with E-state index < -0.39 is 0 Å². The van der Waals surface area contributed by atoms with Gasteiger partial charge in [-0.15, -0.1) is 0 Å². The van der Waals surface area contributed by atoms with Gasteiger partial charge in [0.15, 0.2) is 0 Å². The van der Waals surface area contributed by atoms with Crippen LogP contribution < -0.4 is 0 Å². The highest BCUT2D eigenvalue weighted by molar-refractivity contribution is 5.79. The summed E-state index contributed by atoms with van der Waals surface area (Å²) < 4.78 is 5.34. The van der Waals surface area contributed by atoms with Crippen LogP contribution in [0.5, 0.6) is 0 Å². The molecule has 0 aromatic heterocycles. The van der Waals surface area contributed by atoms with Crippen LogP contribution >= 0.6 is 0 Å². The Morgan fingerprint density at radius 1 is 1.38 bits per heavy atom. The molecule has 1 aromatic rings. The van der Waals surface area contributed by atoms with E-state index in [0.29, 0.717) is 19.8 Å². The van der Waals surface area contributed by atoms with E-state index in [-0.39, 0.29) is 11.4 Å².